The molecule has 1 aromatic heterocycles. The molecule has 3 nitrogen and oxygen atoms in total. The van der Waals surface area contributed by atoms with E-state index in [1.54, 1.807) is 6.92 Å². The summed E-state index contributed by atoms with van der Waals surface area (Å²) in [6.07, 6.45) is -4.49. The second-order valence-electron chi connectivity index (χ2n) is 4.36. The fourth-order valence-corrected chi connectivity index (χ4v) is 2.59. The maximum Gasteiger partial charge on any atom is 0.433 e. The number of nitrogens with one attached hydrogen (secondary N) is 1. The number of hydrogen-bond donors (Lipinski definition) is 1. The van der Waals surface area contributed by atoms with Gasteiger partial charge in [0.2, 0.25) is 5.95 Å². The summed E-state index contributed by atoms with van der Waals surface area (Å²) in [4.78, 5) is 8.43. The Bertz CT molecular complexity index is 629. The number of anilines is 1. The lowest BCUT2D eigenvalue weighted by Crippen LogP contribution is -2.12. The molecule has 0 aliphatic heterocycles. The average molecular weight is 313 g/mol. The maximum atomic E-state index is 12.9. The van der Waals surface area contributed by atoms with Crippen molar-refractivity contribution in [2.45, 2.75) is 29.9 Å². The fourth-order valence-electron chi connectivity index (χ4n) is 1.66. The summed E-state index contributed by atoms with van der Waals surface area (Å²) in [7, 11) is 0. The standard InChI is InChI=1S/C14H14F3N3S/c1-3-18-13-19-11(14(15,16)17)8-12(20-13)21-10-6-4-5-9(2)7-10/h4-8H,3H2,1-2H3,(H,18,19,20). The van der Waals surface area contributed by atoms with Crippen LogP contribution >= 0.6 is 11.8 Å². The molecule has 0 saturated carbocycles. The minimum atomic E-state index is -4.49. The molecule has 112 valence electrons. The van der Waals surface area contributed by atoms with E-state index in [9.17, 15) is 13.2 Å². The van der Waals surface area contributed by atoms with Crippen molar-refractivity contribution in [2.24, 2.45) is 0 Å². The smallest absolute Gasteiger partial charge is 0.354 e. The van der Waals surface area contributed by atoms with E-state index in [4.69, 9.17) is 0 Å². The van der Waals surface area contributed by atoms with Crippen molar-refractivity contribution in [3.63, 3.8) is 0 Å². The van der Waals surface area contributed by atoms with Crippen molar-refractivity contribution in [1.82, 2.24) is 9.97 Å². The van der Waals surface area contributed by atoms with Gasteiger partial charge in [-0.15, -0.1) is 0 Å². The Kier molecular flexibility index (Phi) is 4.72. The van der Waals surface area contributed by atoms with Gasteiger partial charge in [-0.1, -0.05) is 29.5 Å². The van der Waals surface area contributed by atoms with Crippen LogP contribution in [-0.2, 0) is 6.18 Å². The topological polar surface area (TPSA) is 37.8 Å². The van der Waals surface area contributed by atoms with Gasteiger partial charge in [0, 0.05) is 17.5 Å². The highest BCUT2D eigenvalue weighted by molar-refractivity contribution is 7.99. The van der Waals surface area contributed by atoms with Crippen molar-refractivity contribution < 1.29 is 13.2 Å². The number of rotatable bonds is 4. The zero-order chi connectivity index (χ0) is 15.5. The molecule has 0 radical (unpaired) electrons. The summed E-state index contributed by atoms with van der Waals surface area (Å²) in [6, 6.07) is 8.48. The Balaban J connectivity index is 2.35. The number of aromatic nitrogens is 2. The molecule has 21 heavy (non-hydrogen) atoms. The third-order valence-corrected chi connectivity index (χ3v) is 3.45. The van der Waals surface area contributed by atoms with Crippen LogP contribution in [0.1, 0.15) is 18.2 Å². The average Bonchev–Trinajstić information content (AvgIpc) is 2.37. The second-order valence-corrected chi connectivity index (χ2v) is 5.46. The predicted octanol–water partition coefficient (Wildman–Crippen LogP) is 4.39. The summed E-state index contributed by atoms with van der Waals surface area (Å²) in [5, 5.41) is 2.98. The SMILES string of the molecule is CCNc1nc(Sc2cccc(C)c2)cc(C(F)(F)F)n1. The molecule has 2 rings (SSSR count). The lowest BCUT2D eigenvalue weighted by atomic mass is 10.2. The first-order valence-electron chi connectivity index (χ1n) is 6.33. The number of benzene rings is 1. The van der Waals surface area contributed by atoms with E-state index in [0.29, 0.717) is 6.54 Å². The van der Waals surface area contributed by atoms with E-state index < -0.39 is 11.9 Å². The molecule has 0 aliphatic rings. The molecular formula is C14H14F3N3S. The fraction of sp³-hybridized carbons (Fsp3) is 0.286. The van der Waals surface area contributed by atoms with Gasteiger partial charge in [0.05, 0.1) is 0 Å². The van der Waals surface area contributed by atoms with Crippen LogP contribution in [0.25, 0.3) is 0 Å². The van der Waals surface area contributed by atoms with E-state index >= 15 is 0 Å². The number of aryl methyl sites for hydroxylation is 1. The summed E-state index contributed by atoms with van der Waals surface area (Å²) in [5.74, 6) is -0.0116. The lowest BCUT2D eigenvalue weighted by Gasteiger charge is -2.10. The van der Waals surface area contributed by atoms with Gasteiger partial charge in [-0.05, 0) is 26.0 Å². The highest BCUT2D eigenvalue weighted by Crippen LogP contribution is 2.33. The largest absolute Gasteiger partial charge is 0.433 e. The van der Waals surface area contributed by atoms with Crippen LogP contribution in [0, 0.1) is 6.92 Å². The molecule has 0 unspecified atom stereocenters. The molecule has 0 saturated heterocycles. The van der Waals surface area contributed by atoms with Crippen LogP contribution in [-0.4, -0.2) is 16.5 Å². The third kappa shape index (κ3) is 4.35. The minimum absolute atomic E-state index is 0.0116. The third-order valence-electron chi connectivity index (χ3n) is 2.54. The van der Waals surface area contributed by atoms with Crippen molar-refractivity contribution in [3.05, 3.63) is 41.6 Å². The molecule has 0 fully saturated rings. The number of hydrogen-bond acceptors (Lipinski definition) is 4. The Morgan fingerprint density at radius 2 is 1.95 bits per heavy atom. The first kappa shape index (κ1) is 15.6. The van der Waals surface area contributed by atoms with E-state index in [2.05, 4.69) is 15.3 Å². The summed E-state index contributed by atoms with van der Waals surface area (Å²) < 4.78 is 38.6. The van der Waals surface area contributed by atoms with Crippen LogP contribution in [0.15, 0.2) is 40.3 Å². The van der Waals surface area contributed by atoms with Crippen molar-refractivity contribution in [1.29, 1.82) is 0 Å². The van der Waals surface area contributed by atoms with Gasteiger partial charge in [-0.25, -0.2) is 9.97 Å². The minimum Gasteiger partial charge on any atom is -0.354 e. The van der Waals surface area contributed by atoms with E-state index in [1.807, 2.05) is 31.2 Å². The highest BCUT2D eigenvalue weighted by atomic mass is 32.2. The van der Waals surface area contributed by atoms with Crippen molar-refractivity contribution >= 4 is 17.7 Å². The number of halogens is 3. The Labute approximate surface area is 125 Å². The molecule has 7 heteroatoms. The number of nitrogens with zero attached hydrogens (tertiary/aromatic N) is 2. The van der Waals surface area contributed by atoms with Gasteiger partial charge in [-0.3, -0.25) is 0 Å². The first-order chi connectivity index (χ1) is 9.88. The van der Waals surface area contributed by atoms with Gasteiger partial charge in [0.25, 0.3) is 0 Å². The number of alkyl halides is 3. The van der Waals surface area contributed by atoms with Gasteiger partial charge in [-0.2, -0.15) is 13.2 Å². The zero-order valence-corrected chi connectivity index (χ0v) is 12.3. The van der Waals surface area contributed by atoms with Crippen LogP contribution in [0.5, 0.6) is 0 Å². The van der Waals surface area contributed by atoms with E-state index in [0.717, 1.165) is 16.5 Å². The summed E-state index contributed by atoms with van der Waals surface area (Å²) in [5.41, 5.74) is 0.0978. The quantitative estimate of drug-likeness (QED) is 0.850. The Morgan fingerprint density at radius 1 is 1.19 bits per heavy atom. The lowest BCUT2D eigenvalue weighted by molar-refractivity contribution is -0.141. The highest BCUT2D eigenvalue weighted by Gasteiger charge is 2.33. The molecule has 2 aromatic rings. The molecule has 0 bridgehead atoms. The Morgan fingerprint density at radius 3 is 2.57 bits per heavy atom. The maximum absolute atomic E-state index is 12.9. The monoisotopic (exact) mass is 313 g/mol. The van der Waals surface area contributed by atoms with Gasteiger partial charge >= 0.3 is 6.18 Å². The zero-order valence-electron chi connectivity index (χ0n) is 11.5. The van der Waals surface area contributed by atoms with Gasteiger partial charge < -0.3 is 5.32 Å². The molecule has 1 N–H and O–H groups in total. The van der Waals surface area contributed by atoms with E-state index in [-0.39, 0.29) is 11.0 Å². The van der Waals surface area contributed by atoms with Gasteiger partial charge in [0.1, 0.15) is 5.03 Å². The van der Waals surface area contributed by atoms with Gasteiger partial charge in [0.15, 0.2) is 5.69 Å². The predicted molar refractivity (Wildman–Crippen MR) is 76.5 cm³/mol. The van der Waals surface area contributed by atoms with Crippen molar-refractivity contribution in [2.75, 3.05) is 11.9 Å². The Hall–Kier alpha value is -1.76. The molecule has 1 aromatic carbocycles. The molecule has 0 amide bonds. The molecule has 1 heterocycles. The molecular weight excluding hydrogens is 299 g/mol. The molecule has 0 spiro atoms. The molecule has 0 atom stereocenters. The second kappa shape index (κ2) is 6.34. The first-order valence-corrected chi connectivity index (χ1v) is 7.15. The van der Waals surface area contributed by atoms with Crippen LogP contribution < -0.4 is 5.32 Å². The molecule has 0 aliphatic carbocycles. The summed E-state index contributed by atoms with van der Waals surface area (Å²) in [6.45, 7) is 4.15. The van der Waals surface area contributed by atoms with Crippen LogP contribution in [0.2, 0.25) is 0 Å². The van der Waals surface area contributed by atoms with Crippen molar-refractivity contribution in [3.8, 4) is 0 Å². The normalized spacial score (nSPS) is 11.5. The van der Waals surface area contributed by atoms with E-state index in [1.165, 1.54) is 11.8 Å². The van der Waals surface area contributed by atoms with Crippen LogP contribution in [0.3, 0.4) is 0 Å². The summed E-state index contributed by atoms with van der Waals surface area (Å²) >= 11 is 1.18. The van der Waals surface area contributed by atoms with Crippen LogP contribution in [0.4, 0.5) is 19.1 Å².